The van der Waals surface area contributed by atoms with Gasteiger partial charge in [-0.25, -0.2) is 33.1 Å². The molecule has 0 bridgehead atoms. The van der Waals surface area contributed by atoms with Crippen molar-refractivity contribution in [3.63, 3.8) is 0 Å². The van der Waals surface area contributed by atoms with Crippen molar-refractivity contribution < 1.29 is 13.2 Å². The van der Waals surface area contributed by atoms with Crippen LogP contribution >= 0.6 is 0 Å². The summed E-state index contributed by atoms with van der Waals surface area (Å²) in [6.07, 6.45) is 5.04. The average molecular weight is 531 g/mol. The molecule has 0 radical (unpaired) electrons. The highest BCUT2D eigenvalue weighted by molar-refractivity contribution is 5.89. The van der Waals surface area contributed by atoms with E-state index in [1.165, 1.54) is 35.8 Å². The summed E-state index contributed by atoms with van der Waals surface area (Å²) < 4.78 is 44.1. The van der Waals surface area contributed by atoms with Gasteiger partial charge in [0.05, 0.1) is 16.6 Å². The van der Waals surface area contributed by atoms with Gasteiger partial charge in [-0.3, -0.25) is 4.79 Å². The van der Waals surface area contributed by atoms with Crippen molar-refractivity contribution in [2.75, 3.05) is 5.32 Å². The van der Waals surface area contributed by atoms with Gasteiger partial charge < -0.3 is 9.88 Å². The summed E-state index contributed by atoms with van der Waals surface area (Å²) in [5, 5.41) is 3.87. The topological polar surface area (TPSA) is 85.6 Å². The molecule has 0 spiro atoms. The number of halogens is 3. The normalized spacial score (nSPS) is 12.9. The Hall–Kier alpha value is -4.60. The van der Waals surface area contributed by atoms with E-state index in [2.05, 4.69) is 25.3 Å². The lowest BCUT2D eigenvalue weighted by molar-refractivity contribution is 0.373. The van der Waals surface area contributed by atoms with Crippen LogP contribution in [0.25, 0.3) is 33.4 Å². The maximum atomic E-state index is 14.7. The predicted octanol–water partition coefficient (Wildman–Crippen LogP) is 6.24. The number of aromatic nitrogens is 5. The van der Waals surface area contributed by atoms with E-state index in [9.17, 15) is 18.0 Å². The Bertz CT molecular complexity index is 1730. The monoisotopic (exact) mass is 530 g/mol. The second-order valence-corrected chi connectivity index (χ2v) is 9.38. The number of benzene rings is 2. The summed E-state index contributed by atoms with van der Waals surface area (Å²) in [5.74, 6) is -0.0722. The van der Waals surface area contributed by atoms with E-state index in [4.69, 9.17) is 0 Å². The largest absolute Gasteiger partial charge is 0.378 e. The first-order chi connectivity index (χ1) is 18.6. The molecule has 0 aliphatic rings. The Morgan fingerprint density at radius 2 is 1.46 bits per heavy atom. The van der Waals surface area contributed by atoms with Crippen molar-refractivity contribution >= 4 is 16.5 Å². The minimum atomic E-state index is -1.42. The molecule has 0 aliphatic heterocycles. The van der Waals surface area contributed by atoms with E-state index in [1.54, 1.807) is 51.7 Å². The molecule has 39 heavy (non-hydrogen) atoms. The Balaban J connectivity index is 1.59. The fourth-order valence-corrected chi connectivity index (χ4v) is 4.56. The molecule has 5 rings (SSSR count). The Labute approximate surface area is 222 Å². The molecule has 0 aliphatic carbocycles. The number of aryl methyl sites for hydroxylation is 1. The fraction of sp³-hybridized carbons (Fsp3) is 0.207. The van der Waals surface area contributed by atoms with E-state index >= 15 is 0 Å². The number of alkyl halides is 1. The van der Waals surface area contributed by atoms with Gasteiger partial charge in [-0.1, -0.05) is 0 Å². The lowest BCUT2D eigenvalue weighted by atomic mass is 9.97. The van der Waals surface area contributed by atoms with Crippen molar-refractivity contribution in [2.45, 2.75) is 33.0 Å². The van der Waals surface area contributed by atoms with E-state index < -0.39 is 29.4 Å². The van der Waals surface area contributed by atoms with Crippen molar-refractivity contribution in [3.8, 4) is 22.6 Å². The first-order valence-corrected chi connectivity index (χ1v) is 12.3. The van der Waals surface area contributed by atoms with Crippen molar-refractivity contribution in [2.24, 2.45) is 7.05 Å². The number of hydrogen-bond donors (Lipinski definition) is 1. The Kier molecular flexibility index (Phi) is 6.86. The number of nitrogens with one attached hydrogen (secondary N) is 1. The Morgan fingerprint density at radius 1 is 0.821 bits per heavy atom. The van der Waals surface area contributed by atoms with Gasteiger partial charge in [0.1, 0.15) is 23.6 Å². The summed E-state index contributed by atoms with van der Waals surface area (Å²) in [7, 11) is 1.60. The molecule has 3 aromatic heterocycles. The van der Waals surface area contributed by atoms with Crippen molar-refractivity contribution in [3.05, 3.63) is 100 Å². The molecule has 7 nitrogen and oxygen atoms in total. The van der Waals surface area contributed by atoms with E-state index in [0.29, 0.717) is 45.1 Å². The fourth-order valence-electron chi connectivity index (χ4n) is 4.56. The van der Waals surface area contributed by atoms with E-state index in [0.717, 1.165) is 6.07 Å². The number of pyridine rings is 1. The molecule has 198 valence electrons. The van der Waals surface area contributed by atoms with Gasteiger partial charge >= 0.3 is 0 Å². The molecular formula is C29H25F3N6O. The van der Waals surface area contributed by atoms with Crippen LogP contribution in [0.15, 0.2) is 66.0 Å². The van der Waals surface area contributed by atoms with Crippen LogP contribution in [0.1, 0.15) is 43.0 Å². The zero-order chi connectivity index (χ0) is 27.8. The number of rotatable bonds is 6. The second kappa shape index (κ2) is 10.3. The quantitative estimate of drug-likeness (QED) is 0.280. The molecule has 5 aromatic rings. The van der Waals surface area contributed by atoms with E-state index in [-0.39, 0.29) is 10.9 Å². The van der Waals surface area contributed by atoms with Crippen molar-refractivity contribution in [1.82, 2.24) is 24.5 Å². The van der Waals surface area contributed by atoms with Crippen molar-refractivity contribution in [1.29, 1.82) is 0 Å². The molecular weight excluding hydrogens is 505 g/mol. The third kappa shape index (κ3) is 5.09. The van der Waals surface area contributed by atoms with Gasteiger partial charge in [0.25, 0.3) is 5.56 Å². The zero-order valence-electron chi connectivity index (χ0n) is 21.7. The minimum absolute atomic E-state index is 0.148. The minimum Gasteiger partial charge on any atom is -0.378 e. The van der Waals surface area contributed by atoms with Crippen LogP contribution in [0, 0.1) is 18.6 Å². The van der Waals surface area contributed by atoms with Crippen LogP contribution in [-0.4, -0.2) is 24.5 Å². The van der Waals surface area contributed by atoms with Crippen LogP contribution in [0.3, 0.4) is 0 Å². The third-order valence-corrected chi connectivity index (χ3v) is 6.62. The van der Waals surface area contributed by atoms with Crippen LogP contribution in [-0.2, 0) is 7.05 Å². The zero-order valence-corrected chi connectivity index (χ0v) is 21.7. The molecule has 2 aromatic carbocycles. The molecule has 0 amide bonds. The number of nitrogens with zero attached hydrogens (tertiary/aromatic N) is 5. The highest BCUT2D eigenvalue weighted by atomic mass is 19.1. The number of fused-ring (bicyclic) bond motifs is 1. The van der Waals surface area contributed by atoms with Gasteiger partial charge in [0.15, 0.2) is 5.82 Å². The highest BCUT2D eigenvalue weighted by Crippen LogP contribution is 2.33. The molecule has 0 saturated heterocycles. The third-order valence-electron chi connectivity index (χ3n) is 6.62. The van der Waals surface area contributed by atoms with Gasteiger partial charge in [-0.05, 0) is 68.1 Å². The smallest absolute Gasteiger partial charge is 0.258 e. The first kappa shape index (κ1) is 26.0. The van der Waals surface area contributed by atoms with Gasteiger partial charge in [-0.15, -0.1) is 0 Å². The SMILES string of the molecule is Cc1ncc(-c2ncc(-c3cc4c([C@@H](C)Nc5ccc(F)cc5[C@H](C)F)cc(F)cc4c(=O)n3C)cn2)cn1. The summed E-state index contributed by atoms with van der Waals surface area (Å²) in [6, 6.07) is 7.56. The standard InChI is InChI=1S/C29H25F3N6O/c1-15(30)22-7-20(31)5-6-26(22)37-16(2)23-8-21(32)9-25-24(23)10-27(38(4)29(25)39)18-11-35-28(36-12-18)19-13-33-17(3)34-14-19/h5-16,37H,1-4H3/t15-,16+/m0/s1. The van der Waals surface area contributed by atoms with Gasteiger partial charge in [0.2, 0.25) is 0 Å². The summed E-state index contributed by atoms with van der Waals surface area (Å²) in [4.78, 5) is 30.5. The molecule has 3 heterocycles. The molecule has 1 N–H and O–H groups in total. The first-order valence-electron chi connectivity index (χ1n) is 12.3. The van der Waals surface area contributed by atoms with Gasteiger partial charge in [-0.2, -0.15) is 0 Å². The molecule has 0 fully saturated rings. The highest BCUT2D eigenvalue weighted by Gasteiger charge is 2.19. The molecule has 10 heteroatoms. The molecule has 0 unspecified atom stereocenters. The molecule has 0 saturated carbocycles. The van der Waals surface area contributed by atoms with Crippen LogP contribution in [0.4, 0.5) is 18.9 Å². The summed E-state index contributed by atoms with van der Waals surface area (Å²) >= 11 is 0. The van der Waals surface area contributed by atoms with Gasteiger partial charge in [0, 0.05) is 54.7 Å². The summed E-state index contributed by atoms with van der Waals surface area (Å²) in [6.45, 7) is 4.87. The molecule has 2 atom stereocenters. The number of anilines is 1. The second-order valence-electron chi connectivity index (χ2n) is 9.38. The summed E-state index contributed by atoms with van der Waals surface area (Å²) in [5.41, 5.74) is 2.38. The predicted molar refractivity (Wildman–Crippen MR) is 144 cm³/mol. The number of hydrogen-bond acceptors (Lipinski definition) is 6. The average Bonchev–Trinajstić information content (AvgIpc) is 2.92. The van der Waals surface area contributed by atoms with Crippen LogP contribution < -0.4 is 10.9 Å². The lowest BCUT2D eigenvalue weighted by Crippen LogP contribution is -2.20. The maximum Gasteiger partial charge on any atom is 0.258 e. The van der Waals surface area contributed by atoms with Crippen LogP contribution in [0.2, 0.25) is 0 Å². The van der Waals surface area contributed by atoms with Crippen LogP contribution in [0.5, 0.6) is 0 Å². The Morgan fingerprint density at radius 3 is 2.13 bits per heavy atom. The van der Waals surface area contributed by atoms with E-state index in [1.807, 2.05) is 0 Å². The lowest BCUT2D eigenvalue weighted by Gasteiger charge is -2.21. The maximum absolute atomic E-state index is 14.7.